The molecule has 2 aromatic rings. The fourth-order valence-electron chi connectivity index (χ4n) is 3.56. The van der Waals surface area contributed by atoms with Gasteiger partial charge in [-0.25, -0.2) is 14.4 Å². The van der Waals surface area contributed by atoms with Crippen molar-refractivity contribution >= 4 is 35.0 Å². The number of hydrogen-bond donors (Lipinski definition) is 1. The molecular weight excluding hydrogens is 480 g/mol. The molecule has 0 fully saturated rings. The number of carbonyl (C=O) groups is 4. The minimum absolute atomic E-state index is 0.0373. The summed E-state index contributed by atoms with van der Waals surface area (Å²) in [4.78, 5) is 51.5. The van der Waals surface area contributed by atoms with E-state index in [1.54, 1.807) is 97.3 Å². The van der Waals surface area contributed by atoms with Crippen LogP contribution >= 0.6 is 0 Å². The number of amides is 2. The Kier molecular flexibility index (Phi) is 8.68. The quantitative estimate of drug-likeness (QED) is 0.411. The van der Waals surface area contributed by atoms with E-state index in [4.69, 9.17) is 14.2 Å². The first kappa shape index (κ1) is 29.7. The highest BCUT2D eigenvalue weighted by molar-refractivity contribution is 5.94. The second-order valence-corrected chi connectivity index (χ2v) is 11.8. The highest BCUT2D eigenvalue weighted by Gasteiger charge is 2.41. The van der Waals surface area contributed by atoms with Gasteiger partial charge in [0.05, 0.1) is 13.0 Å². The lowest BCUT2D eigenvalue weighted by atomic mass is 10.1. The predicted molar refractivity (Wildman–Crippen MR) is 137 cm³/mol. The molecule has 2 amide bonds. The van der Waals surface area contributed by atoms with E-state index in [9.17, 15) is 24.3 Å². The summed E-state index contributed by atoms with van der Waals surface area (Å²) in [5, 5.41) is 10.8. The standard InChI is InChI=1S/C27H38N2O8/c1-25(2,3)35-21(30)14-17-15-28(19-13-11-10-12-18(17)19)16-20(22(31)32)29(23(33)36-26(4,5)6)24(34)37-27(7,8)9/h10-13,15,20H,14,16H2,1-9H3,(H,31,32). The molecule has 2 rings (SSSR count). The lowest BCUT2D eigenvalue weighted by Gasteiger charge is -2.32. The first-order valence-electron chi connectivity index (χ1n) is 12.0. The van der Waals surface area contributed by atoms with Gasteiger partial charge in [0.2, 0.25) is 0 Å². The van der Waals surface area contributed by atoms with E-state index < -0.39 is 47.0 Å². The fraction of sp³-hybridized carbons (Fsp3) is 0.556. The number of hydrogen-bond acceptors (Lipinski definition) is 7. The number of aliphatic carboxylic acids is 1. The van der Waals surface area contributed by atoms with Crippen molar-refractivity contribution in [2.75, 3.05) is 0 Å². The maximum absolute atomic E-state index is 13.0. The number of ether oxygens (including phenoxy) is 3. The van der Waals surface area contributed by atoms with Crippen LogP contribution in [0.1, 0.15) is 67.9 Å². The van der Waals surface area contributed by atoms with E-state index in [-0.39, 0.29) is 13.0 Å². The molecular formula is C27H38N2O8. The van der Waals surface area contributed by atoms with E-state index >= 15 is 0 Å². The van der Waals surface area contributed by atoms with E-state index in [0.717, 1.165) is 5.39 Å². The van der Waals surface area contributed by atoms with Gasteiger partial charge in [-0.2, -0.15) is 4.90 Å². The van der Waals surface area contributed by atoms with Gasteiger partial charge in [-0.1, -0.05) is 18.2 Å². The molecule has 1 aromatic heterocycles. The third-order valence-corrected chi connectivity index (χ3v) is 4.77. The van der Waals surface area contributed by atoms with Gasteiger partial charge < -0.3 is 23.9 Å². The van der Waals surface area contributed by atoms with Gasteiger partial charge in [0, 0.05) is 17.1 Å². The summed E-state index contributed by atoms with van der Waals surface area (Å²) in [7, 11) is 0. The van der Waals surface area contributed by atoms with Crippen molar-refractivity contribution in [3.63, 3.8) is 0 Å². The second-order valence-electron chi connectivity index (χ2n) is 11.8. The van der Waals surface area contributed by atoms with Crippen LogP contribution in [0.2, 0.25) is 0 Å². The number of carbonyl (C=O) groups excluding carboxylic acids is 3. The number of carboxylic acids is 1. The second kappa shape index (κ2) is 10.8. The zero-order chi connectivity index (χ0) is 28.3. The molecule has 0 aliphatic heterocycles. The number of carboxylic acid groups (broad SMARTS) is 1. The molecule has 0 saturated carbocycles. The number of fused-ring (bicyclic) bond motifs is 1. The Morgan fingerprint density at radius 3 is 1.78 bits per heavy atom. The topological polar surface area (TPSA) is 124 Å². The van der Waals surface area contributed by atoms with Crippen molar-refractivity contribution in [3.05, 3.63) is 36.0 Å². The number of rotatable bonds is 6. The maximum Gasteiger partial charge on any atom is 0.420 e. The number of benzene rings is 1. The molecule has 37 heavy (non-hydrogen) atoms. The first-order valence-corrected chi connectivity index (χ1v) is 12.0. The number of imide groups is 1. The molecule has 0 spiro atoms. The molecule has 0 radical (unpaired) electrons. The zero-order valence-electron chi connectivity index (χ0n) is 23.1. The van der Waals surface area contributed by atoms with Crippen molar-refractivity contribution in [2.24, 2.45) is 0 Å². The maximum atomic E-state index is 13.0. The third-order valence-electron chi connectivity index (χ3n) is 4.77. The lowest BCUT2D eigenvalue weighted by molar-refractivity contribution is -0.154. The summed E-state index contributed by atoms with van der Waals surface area (Å²) in [5.41, 5.74) is -1.39. The van der Waals surface area contributed by atoms with Crippen LogP contribution in [-0.2, 0) is 36.8 Å². The monoisotopic (exact) mass is 518 g/mol. The Labute approximate surface area is 217 Å². The van der Waals surface area contributed by atoms with Gasteiger partial charge in [-0.05, 0) is 73.9 Å². The summed E-state index contributed by atoms with van der Waals surface area (Å²) in [6.07, 6.45) is -0.684. The fourth-order valence-corrected chi connectivity index (χ4v) is 3.56. The molecule has 1 heterocycles. The van der Waals surface area contributed by atoms with E-state index in [2.05, 4.69) is 0 Å². The van der Waals surface area contributed by atoms with Crippen LogP contribution in [-0.4, -0.2) is 61.5 Å². The lowest BCUT2D eigenvalue weighted by Crippen LogP contribution is -2.53. The van der Waals surface area contributed by atoms with Gasteiger partial charge >= 0.3 is 24.1 Å². The first-order chi connectivity index (χ1) is 16.8. The summed E-state index contributed by atoms with van der Waals surface area (Å²) in [5.74, 6) is -1.86. The van der Waals surface area contributed by atoms with Gasteiger partial charge in [-0.15, -0.1) is 0 Å². The van der Waals surface area contributed by atoms with Gasteiger partial charge in [0.1, 0.15) is 16.8 Å². The molecule has 10 heteroatoms. The van der Waals surface area contributed by atoms with Crippen molar-refractivity contribution in [1.29, 1.82) is 0 Å². The molecule has 0 saturated heterocycles. The average molecular weight is 519 g/mol. The van der Waals surface area contributed by atoms with Crippen LogP contribution in [0.15, 0.2) is 30.5 Å². The average Bonchev–Trinajstić information content (AvgIpc) is 3.00. The molecule has 1 unspecified atom stereocenters. The number of para-hydroxylation sites is 1. The van der Waals surface area contributed by atoms with Crippen molar-refractivity contribution < 1.29 is 38.5 Å². The van der Waals surface area contributed by atoms with E-state index in [1.165, 1.54) is 0 Å². The van der Waals surface area contributed by atoms with Gasteiger partial charge in [0.25, 0.3) is 0 Å². The third kappa shape index (κ3) is 8.80. The Bertz CT molecular complexity index is 1130. The molecule has 0 bridgehead atoms. The Balaban J connectivity index is 2.51. The molecule has 1 aromatic carbocycles. The zero-order valence-corrected chi connectivity index (χ0v) is 23.1. The highest BCUT2D eigenvalue weighted by Crippen LogP contribution is 2.25. The smallest absolute Gasteiger partial charge is 0.420 e. The van der Waals surface area contributed by atoms with Crippen molar-refractivity contribution in [3.8, 4) is 0 Å². The summed E-state index contributed by atoms with van der Waals surface area (Å²) < 4.78 is 17.7. The summed E-state index contributed by atoms with van der Waals surface area (Å²) in [6, 6.07) is 5.48. The molecule has 0 aliphatic carbocycles. The van der Waals surface area contributed by atoms with Gasteiger partial charge in [0.15, 0.2) is 6.04 Å². The van der Waals surface area contributed by atoms with Crippen LogP contribution in [0.5, 0.6) is 0 Å². The normalized spacial score (nSPS) is 13.1. The van der Waals surface area contributed by atoms with Crippen LogP contribution in [0, 0.1) is 0 Å². The number of esters is 1. The predicted octanol–water partition coefficient (Wildman–Crippen LogP) is 5.15. The highest BCUT2D eigenvalue weighted by atomic mass is 16.6. The van der Waals surface area contributed by atoms with E-state index in [1.807, 2.05) is 0 Å². The molecule has 1 atom stereocenters. The minimum Gasteiger partial charge on any atom is -0.480 e. The van der Waals surface area contributed by atoms with E-state index in [0.29, 0.717) is 16.0 Å². The van der Waals surface area contributed by atoms with Crippen molar-refractivity contribution in [2.45, 2.75) is 98.1 Å². The van der Waals surface area contributed by atoms with Gasteiger partial charge in [-0.3, -0.25) is 4.79 Å². The molecule has 1 N–H and O–H groups in total. The van der Waals surface area contributed by atoms with Crippen LogP contribution in [0.25, 0.3) is 10.9 Å². The Morgan fingerprint density at radius 2 is 1.32 bits per heavy atom. The minimum atomic E-state index is -1.66. The van der Waals surface area contributed by atoms with Crippen LogP contribution in [0.4, 0.5) is 9.59 Å². The molecule has 0 aliphatic rings. The Morgan fingerprint density at radius 1 is 0.838 bits per heavy atom. The summed E-state index contributed by atoms with van der Waals surface area (Å²) >= 11 is 0. The van der Waals surface area contributed by atoms with Crippen LogP contribution in [0.3, 0.4) is 0 Å². The Hall–Kier alpha value is -3.56. The number of nitrogens with zero attached hydrogens (tertiary/aromatic N) is 2. The largest absolute Gasteiger partial charge is 0.480 e. The molecule has 204 valence electrons. The summed E-state index contributed by atoms with van der Waals surface area (Å²) in [6.45, 7) is 14.7. The number of aromatic nitrogens is 1. The van der Waals surface area contributed by atoms with Crippen molar-refractivity contribution in [1.82, 2.24) is 9.47 Å². The SMILES string of the molecule is CC(C)(C)OC(=O)Cc1cn(CC(C(=O)O)N(C(=O)OC(C)(C)C)C(=O)OC(C)(C)C)c2ccccc12. The molecule has 10 nitrogen and oxygen atoms in total. The van der Waals surface area contributed by atoms with Crippen LogP contribution < -0.4 is 0 Å².